The molecule has 0 aromatic carbocycles. The Morgan fingerprint density at radius 1 is 1.23 bits per heavy atom. The second-order valence-electron chi connectivity index (χ2n) is 5.50. The largest absolute Gasteiger partial charge is 0.370 e. The van der Waals surface area contributed by atoms with Gasteiger partial charge in [-0.1, -0.05) is 32.9 Å². The summed E-state index contributed by atoms with van der Waals surface area (Å²) in [4.78, 5) is 0. The first-order chi connectivity index (χ1) is 5.98. The van der Waals surface area contributed by atoms with Gasteiger partial charge in [0.05, 0.1) is 12.2 Å². The molecule has 1 heteroatoms. The highest BCUT2D eigenvalue weighted by atomic mass is 16.6. The van der Waals surface area contributed by atoms with Crippen LogP contribution in [0.4, 0.5) is 0 Å². The number of rotatable bonds is 1. The molecule has 1 nitrogen and oxygen atoms in total. The minimum Gasteiger partial charge on any atom is -0.370 e. The maximum atomic E-state index is 5.53. The van der Waals surface area contributed by atoms with Gasteiger partial charge >= 0.3 is 0 Å². The predicted octanol–water partition coefficient (Wildman–Crippen LogP) is 3.16. The fourth-order valence-electron chi connectivity index (χ4n) is 2.33. The third-order valence-corrected chi connectivity index (χ3v) is 3.46. The Balaban J connectivity index is 1.97. The van der Waals surface area contributed by atoms with Crippen molar-refractivity contribution >= 4 is 0 Å². The summed E-state index contributed by atoms with van der Waals surface area (Å²) in [5, 5.41) is 0. The Labute approximate surface area is 81.2 Å². The van der Waals surface area contributed by atoms with Crippen LogP contribution in [0.2, 0.25) is 0 Å². The summed E-state index contributed by atoms with van der Waals surface area (Å²) in [5.41, 5.74) is 1.69. The van der Waals surface area contributed by atoms with E-state index in [1.807, 2.05) is 0 Å². The topological polar surface area (TPSA) is 12.5 Å². The maximum Gasteiger partial charge on any atom is 0.0847 e. The fraction of sp³-hybridized carbons (Fsp3) is 0.833. The van der Waals surface area contributed by atoms with Crippen molar-refractivity contribution in [3.63, 3.8) is 0 Å². The molecule has 3 unspecified atom stereocenters. The summed E-state index contributed by atoms with van der Waals surface area (Å²) in [6.45, 7) is 11.0. The van der Waals surface area contributed by atoms with Crippen LogP contribution in [-0.4, -0.2) is 12.2 Å². The van der Waals surface area contributed by atoms with E-state index in [1.54, 1.807) is 0 Å². The number of ether oxygens (including phenoxy) is 1. The Hall–Kier alpha value is -0.300. The van der Waals surface area contributed by atoms with Gasteiger partial charge in [0, 0.05) is 0 Å². The molecule has 1 saturated heterocycles. The van der Waals surface area contributed by atoms with Crippen molar-refractivity contribution in [1.29, 1.82) is 0 Å². The summed E-state index contributed by atoms with van der Waals surface area (Å²) in [6, 6.07) is 0. The number of epoxide rings is 1. The molecule has 13 heavy (non-hydrogen) atoms. The molecule has 0 aromatic heterocycles. The smallest absolute Gasteiger partial charge is 0.0847 e. The van der Waals surface area contributed by atoms with E-state index in [9.17, 15) is 0 Å². The normalized spacial score (nSPS) is 38.2. The molecule has 0 N–H and O–H groups in total. The Kier molecular flexibility index (Phi) is 2.03. The molecule has 74 valence electrons. The summed E-state index contributed by atoms with van der Waals surface area (Å²) in [6.07, 6.45) is 4.96. The van der Waals surface area contributed by atoms with Crippen LogP contribution in [0.25, 0.3) is 0 Å². The molecule has 0 radical (unpaired) electrons. The van der Waals surface area contributed by atoms with Crippen LogP contribution in [0, 0.1) is 11.3 Å². The second kappa shape index (κ2) is 2.84. The second-order valence-corrected chi connectivity index (χ2v) is 5.50. The van der Waals surface area contributed by atoms with Gasteiger partial charge in [0.1, 0.15) is 0 Å². The summed E-state index contributed by atoms with van der Waals surface area (Å²) in [7, 11) is 0. The molecule has 0 bridgehead atoms. The van der Waals surface area contributed by atoms with Crippen LogP contribution in [-0.2, 0) is 4.74 Å². The zero-order valence-electron chi connectivity index (χ0n) is 8.97. The molecule has 1 aliphatic carbocycles. The van der Waals surface area contributed by atoms with Crippen molar-refractivity contribution in [2.75, 3.05) is 0 Å². The number of hydrogen-bond donors (Lipinski definition) is 0. The minimum atomic E-state index is 0.270. The standard InChI is InChI=1S/C12H20O/c1-8(12(2,3)4)9-5-6-10-11(7-9)13-10/h9-11H,1,5-7H2,2-4H3. The summed E-state index contributed by atoms with van der Waals surface area (Å²) in [5.74, 6) is 0.712. The zero-order valence-corrected chi connectivity index (χ0v) is 8.97. The average molecular weight is 180 g/mol. The molecule has 2 rings (SSSR count). The molecule has 1 heterocycles. The van der Waals surface area contributed by atoms with Crippen LogP contribution >= 0.6 is 0 Å². The number of allylic oxidation sites excluding steroid dienone is 1. The summed E-state index contributed by atoms with van der Waals surface area (Å²) < 4.78 is 5.53. The Morgan fingerprint density at radius 3 is 2.46 bits per heavy atom. The Morgan fingerprint density at radius 2 is 1.92 bits per heavy atom. The van der Waals surface area contributed by atoms with Crippen LogP contribution in [0.3, 0.4) is 0 Å². The quantitative estimate of drug-likeness (QED) is 0.446. The average Bonchev–Trinajstić information content (AvgIpc) is 2.78. The van der Waals surface area contributed by atoms with Crippen molar-refractivity contribution in [2.45, 2.75) is 52.2 Å². The van der Waals surface area contributed by atoms with Crippen LogP contribution in [0.15, 0.2) is 12.2 Å². The van der Waals surface area contributed by atoms with E-state index in [-0.39, 0.29) is 5.41 Å². The third kappa shape index (κ3) is 1.80. The highest BCUT2D eigenvalue weighted by Gasteiger charge is 2.45. The molecule has 0 spiro atoms. The highest BCUT2D eigenvalue weighted by Crippen LogP contribution is 2.45. The molecule has 0 aromatic rings. The molecule has 1 saturated carbocycles. The summed E-state index contributed by atoms with van der Waals surface area (Å²) >= 11 is 0. The van der Waals surface area contributed by atoms with Gasteiger partial charge in [-0.15, -0.1) is 0 Å². The first-order valence-corrected chi connectivity index (χ1v) is 5.33. The van der Waals surface area contributed by atoms with Gasteiger partial charge in [0.15, 0.2) is 0 Å². The van der Waals surface area contributed by atoms with Crippen LogP contribution < -0.4 is 0 Å². The van der Waals surface area contributed by atoms with Crippen molar-refractivity contribution in [3.8, 4) is 0 Å². The highest BCUT2D eigenvalue weighted by molar-refractivity contribution is 5.13. The van der Waals surface area contributed by atoms with E-state index in [0.717, 1.165) is 0 Å². The fourth-order valence-corrected chi connectivity index (χ4v) is 2.33. The third-order valence-electron chi connectivity index (χ3n) is 3.46. The van der Waals surface area contributed by atoms with Gasteiger partial charge in [-0.05, 0) is 30.6 Å². The van der Waals surface area contributed by atoms with Gasteiger partial charge < -0.3 is 4.74 Å². The lowest BCUT2D eigenvalue weighted by Gasteiger charge is -2.30. The predicted molar refractivity (Wildman–Crippen MR) is 54.6 cm³/mol. The SMILES string of the molecule is C=C(C1CCC2OC2C1)C(C)(C)C. The first-order valence-electron chi connectivity index (χ1n) is 5.33. The van der Waals surface area contributed by atoms with E-state index in [0.29, 0.717) is 18.1 Å². The number of fused-ring (bicyclic) bond motifs is 1. The zero-order chi connectivity index (χ0) is 9.64. The van der Waals surface area contributed by atoms with Crippen LogP contribution in [0.5, 0.6) is 0 Å². The van der Waals surface area contributed by atoms with Gasteiger partial charge in [0.25, 0.3) is 0 Å². The van der Waals surface area contributed by atoms with Gasteiger partial charge in [-0.25, -0.2) is 0 Å². The first kappa shape index (κ1) is 9.26. The van der Waals surface area contributed by atoms with E-state index in [2.05, 4.69) is 27.4 Å². The van der Waals surface area contributed by atoms with Crippen molar-refractivity contribution in [1.82, 2.24) is 0 Å². The molecular weight excluding hydrogens is 160 g/mol. The lowest BCUT2D eigenvalue weighted by Crippen LogP contribution is -2.22. The van der Waals surface area contributed by atoms with E-state index < -0.39 is 0 Å². The molecule has 2 aliphatic rings. The molecule has 1 aliphatic heterocycles. The van der Waals surface area contributed by atoms with Crippen molar-refractivity contribution < 1.29 is 4.74 Å². The van der Waals surface area contributed by atoms with Gasteiger partial charge in [0.2, 0.25) is 0 Å². The Bertz CT molecular complexity index is 224. The van der Waals surface area contributed by atoms with E-state index in [1.165, 1.54) is 24.8 Å². The molecule has 2 fully saturated rings. The van der Waals surface area contributed by atoms with Gasteiger partial charge in [-0.2, -0.15) is 0 Å². The lowest BCUT2D eigenvalue weighted by atomic mass is 9.74. The van der Waals surface area contributed by atoms with Gasteiger partial charge in [-0.3, -0.25) is 0 Å². The molecular formula is C12H20O. The monoisotopic (exact) mass is 180 g/mol. The van der Waals surface area contributed by atoms with E-state index in [4.69, 9.17) is 4.74 Å². The van der Waals surface area contributed by atoms with Crippen molar-refractivity contribution in [2.24, 2.45) is 11.3 Å². The number of hydrogen-bond acceptors (Lipinski definition) is 1. The molecule has 0 amide bonds. The minimum absolute atomic E-state index is 0.270. The maximum absolute atomic E-state index is 5.53. The lowest BCUT2D eigenvalue weighted by molar-refractivity contribution is 0.350. The van der Waals surface area contributed by atoms with Crippen molar-refractivity contribution in [3.05, 3.63) is 12.2 Å². The molecule has 3 atom stereocenters. The van der Waals surface area contributed by atoms with E-state index >= 15 is 0 Å². The van der Waals surface area contributed by atoms with Crippen LogP contribution in [0.1, 0.15) is 40.0 Å².